The lowest BCUT2D eigenvalue weighted by atomic mass is 10.2. The Labute approximate surface area is 144 Å². The number of aliphatic imine (C=N–C) groups is 1. The fraction of sp³-hybridized carbons (Fsp3) is 0.611. The van der Waals surface area contributed by atoms with E-state index in [0.29, 0.717) is 12.6 Å². The number of benzene rings is 1. The molecule has 0 saturated heterocycles. The van der Waals surface area contributed by atoms with Crippen LogP contribution in [0.4, 0.5) is 4.39 Å². The first-order valence-electron chi connectivity index (χ1n) is 8.72. The quantitative estimate of drug-likeness (QED) is 0.507. The number of halogens is 1. The van der Waals surface area contributed by atoms with Gasteiger partial charge in [-0.3, -0.25) is 4.90 Å². The highest BCUT2D eigenvalue weighted by molar-refractivity contribution is 5.79. The van der Waals surface area contributed by atoms with Crippen LogP contribution in [0.3, 0.4) is 0 Å². The molecule has 6 heteroatoms. The Bertz CT molecular complexity index is 519. The largest absolute Gasteiger partial charge is 0.383 e. The number of guanidine groups is 1. The van der Waals surface area contributed by atoms with Crippen LogP contribution in [0.2, 0.25) is 0 Å². The number of ether oxygens (including phenoxy) is 1. The molecule has 0 amide bonds. The van der Waals surface area contributed by atoms with Crippen LogP contribution in [0.15, 0.2) is 29.3 Å². The van der Waals surface area contributed by atoms with E-state index in [-0.39, 0.29) is 5.82 Å². The summed E-state index contributed by atoms with van der Waals surface area (Å²) in [5.41, 5.74) is 0.868. The third-order valence-corrected chi connectivity index (χ3v) is 3.99. The van der Waals surface area contributed by atoms with Crippen molar-refractivity contribution in [3.8, 4) is 0 Å². The minimum Gasteiger partial charge on any atom is -0.383 e. The van der Waals surface area contributed by atoms with Gasteiger partial charge in [0.05, 0.1) is 13.2 Å². The minimum absolute atomic E-state index is 0.223. The SMILES string of the molecule is CCNC(=NCc1cccc(F)c1)NCCN(CCOC)C1CC1. The van der Waals surface area contributed by atoms with Crippen molar-refractivity contribution in [2.45, 2.75) is 32.4 Å². The summed E-state index contributed by atoms with van der Waals surface area (Å²) in [5.74, 6) is 0.545. The van der Waals surface area contributed by atoms with E-state index in [1.165, 1.54) is 25.0 Å². The molecule has 1 aliphatic carbocycles. The Morgan fingerprint density at radius 1 is 1.33 bits per heavy atom. The second-order valence-corrected chi connectivity index (χ2v) is 6.01. The van der Waals surface area contributed by atoms with Gasteiger partial charge in [-0.25, -0.2) is 9.38 Å². The van der Waals surface area contributed by atoms with Gasteiger partial charge >= 0.3 is 0 Å². The molecule has 0 spiro atoms. The average molecular weight is 336 g/mol. The van der Waals surface area contributed by atoms with E-state index in [1.54, 1.807) is 13.2 Å². The number of methoxy groups -OCH3 is 1. The number of hydrogen-bond donors (Lipinski definition) is 2. The molecule has 0 unspecified atom stereocenters. The molecule has 24 heavy (non-hydrogen) atoms. The maximum atomic E-state index is 13.2. The summed E-state index contributed by atoms with van der Waals surface area (Å²) in [6.45, 7) is 6.83. The van der Waals surface area contributed by atoms with Crippen LogP contribution < -0.4 is 10.6 Å². The summed E-state index contributed by atoms with van der Waals surface area (Å²) in [6.07, 6.45) is 2.58. The monoisotopic (exact) mass is 336 g/mol. The Morgan fingerprint density at radius 2 is 2.17 bits per heavy atom. The molecule has 5 nitrogen and oxygen atoms in total. The summed E-state index contributed by atoms with van der Waals surface area (Å²) in [5, 5.41) is 6.59. The summed E-state index contributed by atoms with van der Waals surface area (Å²) in [6, 6.07) is 7.28. The maximum Gasteiger partial charge on any atom is 0.191 e. The molecule has 0 atom stereocenters. The molecule has 0 bridgehead atoms. The first-order valence-corrected chi connectivity index (χ1v) is 8.72. The zero-order chi connectivity index (χ0) is 17.2. The van der Waals surface area contributed by atoms with Gasteiger partial charge < -0.3 is 15.4 Å². The Hall–Kier alpha value is -1.66. The smallest absolute Gasteiger partial charge is 0.191 e. The van der Waals surface area contributed by atoms with Crippen LogP contribution in [0, 0.1) is 5.82 Å². The van der Waals surface area contributed by atoms with Crippen molar-refractivity contribution in [3.63, 3.8) is 0 Å². The third kappa shape index (κ3) is 6.84. The van der Waals surface area contributed by atoms with Gasteiger partial charge in [0, 0.05) is 39.3 Å². The van der Waals surface area contributed by atoms with Gasteiger partial charge in [0.15, 0.2) is 5.96 Å². The molecule has 2 N–H and O–H groups in total. The fourth-order valence-electron chi connectivity index (χ4n) is 2.59. The molecule has 2 rings (SSSR count). The molecule has 0 aliphatic heterocycles. The predicted molar refractivity (Wildman–Crippen MR) is 95.7 cm³/mol. The van der Waals surface area contributed by atoms with Crippen LogP contribution in [0.1, 0.15) is 25.3 Å². The Kier molecular flexibility index (Phi) is 7.98. The van der Waals surface area contributed by atoms with Crippen LogP contribution in [-0.2, 0) is 11.3 Å². The Morgan fingerprint density at radius 3 is 2.83 bits per heavy atom. The van der Waals surface area contributed by atoms with Crippen molar-refractivity contribution in [2.75, 3.05) is 39.9 Å². The first-order chi connectivity index (χ1) is 11.7. The lowest BCUT2D eigenvalue weighted by molar-refractivity contribution is 0.144. The average Bonchev–Trinajstić information content (AvgIpc) is 3.40. The molecule has 1 saturated carbocycles. The molecule has 1 aliphatic rings. The lowest BCUT2D eigenvalue weighted by Crippen LogP contribution is -2.42. The molecule has 1 fully saturated rings. The van der Waals surface area contributed by atoms with Crippen LogP contribution >= 0.6 is 0 Å². The standard InChI is InChI=1S/C18H29FN4O/c1-3-20-18(22-14-15-5-4-6-16(19)13-15)21-9-10-23(11-12-24-2)17-7-8-17/h4-6,13,17H,3,7-12,14H2,1-2H3,(H2,20,21,22). The summed E-state index contributed by atoms with van der Waals surface area (Å²) >= 11 is 0. The highest BCUT2D eigenvalue weighted by Gasteiger charge is 2.28. The third-order valence-electron chi connectivity index (χ3n) is 3.99. The maximum absolute atomic E-state index is 13.2. The van der Waals surface area contributed by atoms with Gasteiger partial charge in [-0.1, -0.05) is 12.1 Å². The first kappa shape index (κ1) is 18.7. The van der Waals surface area contributed by atoms with E-state index >= 15 is 0 Å². The normalized spacial score (nSPS) is 14.9. The molecule has 0 heterocycles. The highest BCUT2D eigenvalue weighted by Crippen LogP contribution is 2.25. The van der Waals surface area contributed by atoms with Crippen molar-refractivity contribution >= 4 is 5.96 Å². The fourth-order valence-corrected chi connectivity index (χ4v) is 2.59. The van der Waals surface area contributed by atoms with Gasteiger partial charge in [0.2, 0.25) is 0 Å². The van der Waals surface area contributed by atoms with Crippen molar-refractivity contribution in [2.24, 2.45) is 4.99 Å². The summed E-state index contributed by atoms with van der Waals surface area (Å²) < 4.78 is 18.4. The summed E-state index contributed by atoms with van der Waals surface area (Å²) in [4.78, 5) is 6.99. The predicted octanol–water partition coefficient (Wildman–Crippen LogP) is 1.99. The minimum atomic E-state index is -0.223. The molecule has 134 valence electrons. The number of hydrogen-bond acceptors (Lipinski definition) is 3. The van der Waals surface area contributed by atoms with Gasteiger partial charge in [-0.05, 0) is 37.5 Å². The van der Waals surface area contributed by atoms with E-state index in [9.17, 15) is 4.39 Å². The Balaban J connectivity index is 1.80. The summed E-state index contributed by atoms with van der Waals surface area (Å²) in [7, 11) is 1.74. The molecular weight excluding hydrogens is 307 g/mol. The number of nitrogens with one attached hydrogen (secondary N) is 2. The van der Waals surface area contributed by atoms with Gasteiger partial charge in [-0.15, -0.1) is 0 Å². The second-order valence-electron chi connectivity index (χ2n) is 6.01. The zero-order valence-corrected chi connectivity index (χ0v) is 14.7. The van der Waals surface area contributed by atoms with Crippen molar-refractivity contribution in [1.29, 1.82) is 0 Å². The van der Waals surface area contributed by atoms with Gasteiger partial charge in [0.1, 0.15) is 5.82 Å². The van der Waals surface area contributed by atoms with Crippen LogP contribution in [0.25, 0.3) is 0 Å². The molecule has 0 aromatic heterocycles. The molecule has 1 aromatic carbocycles. The molecule has 1 aromatic rings. The van der Waals surface area contributed by atoms with Crippen molar-refractivity contribution < 1.29 is 9.13 Å². The zero-order valence-electron chi connectivity index (χ0n) is 14.7. The topological polar surface area (TPSA) is 48.9 Å². The van der Waals surface area contributed by atoms with Crippen molar-refractivity contribution in [1.82, 2.24) is 15.5 Å². The van der Waals surface area contributed by atoms with E-state index in [1.807, 2.05) is 13.0 Å². The van der Waals surface area contributed by atoms with E-state index in [2.05, 4.69) is 20.5 Å². The van der Waals surface area contributed by atoms with E-state index in [4.69, 9.17) is 4.74 Å². The number of rotatable bonds is 10. The van der Waals surface area contributed by atoms with Crippen LogP contribution in [0.5, 0.6) is 0 Å². The van der Waals surface area contributed by atoms with E-state index in [0.717, 1.165) is 44.3 Å². The van der Waals surface area contributed by atoms with Gasteiger partial charge in [0.25, 0.3) is 0 Å². The lowest BCUT2D eigenvalue weighted by Gasteiger charge is -2.22. The van der Waals surface area contributed by atoms with Crippen LogP contribution in [-0.4, -0.2) is 56.8 Å². The van der Waals surface area contributed by atoms with Crippen molar-refractivity contribution in [3.05, 3.63) is 35.6 Å². The number of nitrogens with zero attached hydrogens (tertiary/aromatic N) is 2. The molecule has 0 radical (unpaired) electrons. The highest BCUT2D eigenvalue weighted by atomic mass is 19.1. The van der Waals surface area contributed by atoms with E-state index < -0.39 is 0 Å². The second kappa shape index (κ2) is 10.3. The van der Waals surface area contributed by atoms with Gasteiger partial charge in [-0.2, -0.15) is 0 Å². The molecular formula is C18H29FN4O.